The Balaban J connectivity index is 1.91. The van der Waals surface area contributed by atoms with Crippen LogP contribution in [-0.2, 0) is 11.0 Å². The molecular formula is C20H17F4N5O2. The lowest BCUT2D eigenvalue weighted by Crippen LogP contribution is -2.29. The van der Waals surface area contributed by atoms with Gasteiger partial charge in [0.2, 0.25) is 5.91 Å². The number of anilines is 1. The van der Waals surface area contributed by atoms with E-state index in [1.54, 1.807) is 31.2 Å². The minimum atomic E-state index is -4.98. The minimum Gasteiger partial charge on any atom is -0.344 e. The summed E-state index contributed by atoms with van der Waals surface area (Å²) in [6.45, 7) is 2.90. The Hall–Kier alpha value is -3.76. The molecule has 3 rings (SSSR count). The second kappa shape index (κ2) is 8.54. The second-order valence-corrected chi connectivity index (χ2v) is 6.68. The number of aromatic nitrogens is 3. The minimum absolute atomic E-state index is 0.227. The summed E-state index contributed by atoms with van der Waals surface area (Å²) in [7, 11) is 0. The molecule has 2 amide bonds. The van der Waals surface area contributed by atoms with Crippen molar-refractivity contribution in [2.45, 2.75) is 26.1 Å². The van der Waals surface area contributed by atoms with Gasteiger partial charge in [-0.05, 0) is 42.8 Å². The maximum absolute atomic E-state index is 13.7. The molecule has 11 heteroatoms. The van der Waals surface area contributed by atoms with Crippen molar-refractivity contribution in [3.63, 3.8) is 0 Å². The molecule has 1 heterocycles. The van der Waals surface area contributed by atoms with E-state index in [9.17, 15) is 27.2 Å². The van der Waals surface area contributed by atoms with E-state index >= 15 is 0 Å². The highest BCUT2D eigenvalue weighted by atomic mass is 19.4. The first-order valence-electron chi connectivity index (χ1n) is 9.03. The zero-order chi connectivity index (χ0) is 22.8. The summed E-state index contributed by atoms with van der Waals surface area (Å²) in [5.41, 5.74) is -1.57. The molecule has 1 unspecified atom stereocenters. The smallest absolute Gasteiger partial charge is 0.344 e. The first-order chi connectivity index (χ1) is 14.6. The SMILES string of the molecule is CC(=O)Nc1cccc(C(C)NC(=O)c2nnn(-c3cccc(F)c3)c2C(F)(F)F)c1. The van der Waals surface area contributed by atoms with E-state index in [0.29, 0.717) is 15.9 Å². The molecule has 2 N–H and O–H groups in total. The van der Waals surface area contributed by atoms with Gasteiger partial charge in [0.05, 0.1) is 11.7 Å². The number of hydrogen-bond donors (Lipinski definition) is 2. The Morgan fingerprint density at radius 2 is 1.81 bits per heavy atom. The van der Waals surface area contributed by atoms with Crippen molar-refractivity contribution >= 4 is 17.5 Å². The van der Waals surface area contributed by atoms with Crippen LogP contribution in [0.1, 0.15) is 41.6 Å². The zero-order valence-electron chi connectivity index (χ0n) is 16.4. The van der Waals surface area contributed by atoms with Crippen LogP contribution in [-0.4, -0.2) is 26.8 Å². The van der Waals surface area contributed by atoms with Crippen LogP contribution < -0.4 is 10.6 Å². The van der Waals surface area contributed by atoms with Crippen molar-refractivity contribution in [3.8, 4) is 5.69 Å². The number of nitrogens with one attached hydrogen (secondary N) is 2. The van der Waals surface area contributed by atoms with E-state index in [1.807, 2.05) is 0 Å². The van der Waals surface area contributed by atoms with Crippen LogP contribution in [0.2, 0.25) is 0 Å². The van der Waals surface area contributed by atoms with Gasteiger partial charge in [-0.15, -0.1) is 5.10 Å². The maximum atomic E-state index is 13.7. The van der Waals surface area contributed by atoms with Gasteiger partial charge in [0.1, 0.15) is 5.82 Å². The van der Waals surface area contributed by atoms with Gasteiger partial charge >= 0.3 is 6.18 Å². The van der Waals surface area contributed by atoms with Gasteiger partial charge in [0, 0.05) is 12.6 Å². The summed E-state index contributed by atoms with van der Waals surface area (Å²) in [5, 5.41) is 11.8. The standard InChI is InChI=1S/C20H17F4N5O2/c1-11(13-5-3-7-15(9-13)26-12(2)30)25-19(31)17-18(20(22,23)24)29(28-27-17)16-8-4-6-14(21)10-16/h3-11H,1-2H3,(H,25,31)(H,26,30). The lowest BCUT2D eigenvalue weighted by Gasteiger charge is -2.16. The first-order valence-corrected chi connectivity index (χ1v) is 9.03. The molecular weight excluding hydrogens is 418 g/mol. The fourth-order valence-electron chi connectivity index (χ4n) is 2.92. The van der Waals surface area contributed by atoms with Crippen molar-refractivity contribution in [3.05, 3.63) is 71.3 Å². The Bertz CT molecular complexity index is 1130. The third-order valence-corrected chi connectivity index (χ3v) is 4.26. The molecule has 2 aromatic carbocycles. The first kappa shape index (κ1) is 21.9. The average Bonchev–Trinajstić information content (AvgIpc) is 3.13. The number of halogens is 4. The van der Waals surface area contributed by atoms with Gasteiger partial charge in [-0.2, -0.15) is 13.2 Å². The summed E-state index contributed by atoms with van der Waals surface area (Å²) in [4.78, 5) is 23.8. The molecule has 7 nitrogen and oxygen atoms in total. The van der Waals surface area contributed by atoms with Crippen LogP contribution in [0, 0.1) is 5.82 Å². The van der Waals surface area contributed by atoms with Crippen LogP contribution in [0.15, 0.2) is 48.5 Å². The quantitative estimate of drug-likeness (QED) is 0.596. The summed E-state index contributed by atoms with van der Waals surface area (Å²) >= 11 is 0. The molecule has 162 valence electrons. The Morgan fingerprint density at radius 3 is 2.45 bits per heavy atom. The second-order valence-electron chi connectivity index (χ2n) is 6.68. The molecule has 0 saturated heterocycles. The summed E-state index contributed by atoms with van der Waals surface area (Å²) in [6, 6.07) is 10.1. The van der Waals surface area contributed by atoms with Crippen LogP contribution in [0.3, 0.4) is 0 Å². The predicted molar refractivity (Wildman–Crippen MR) is 103 cm³/mol. The van der Waals surface area contributed by atoms with Crippen molar-refractivity contribution < 1.29 is 27.2 Å². The predicted octanol–water partition coefficient (Wildman–Crippen LogP) is 3.87. The molecule has 0 aliphatic carbocycles. The van der Waals surface area contributed by atoms with Gasteiger partial charge in [0.25, 0.3) is 5.91 Å². The number of rotatable bonds is 5. The molecule has 1 atom stereocenters. The number of amides is 2. The molecule has 31 heavy (non-hydrogen) atoms. The molecule has 0 bridgehead atoms. The lowest BCUT2D eigenvalue weighted by atomic mass is 10.1. The van der Waals surface area contributed by atoms with Gasteiger partial charge < -0.3 is 10.6 Å². The monoisotopic (exact) mass is 435 g/mol. The summed E-state index contributed by atoms with van der Waals surface area (Å²) < 4.78 is 55.0. The number of hydrogen-bond acceptors (Lipinski definition) is 4. The fourth-order valence-corrected chi connectivity index (χ4v) is 2.92. The van der Waals surface area contributed by atoms with E-state index in [0.717, 1.165) is 12.1 Å². The number of benzene rings is 2. The molecule has 1 aromatic heterocycles. The molecule has 0 aliphatic rings. The molecule has 0 aliphatic heterocycles. The van der Waals surface area contributed by atoms with Gasteiger partial charge in [-0.3, -0.25) is 9.59 Å². The van der Waals surface area contributed by atoms with Crippen LogP contribution >= 0.6 is 0 Å². The lowest BCUT2D eigenvalue weighted by molar-refractivity contribution is -0.143. The van der Waals surface area contributed by atoms with E-state index in [-0.39, 0.29) is 11.6 Å². The maximum Gasteiger partial charge on any atom is 0.435 e. The van der Waals surface area contributed by atoms with Crippen molar-refractivity contribution in [2.24, 2.45) is 0 Å². The van der Waals surface area contributed by atoms with Crippen molar-refractivity contribution in [1.29, 1.82) is 0 Å². The highest BCUT2D eigenvalue weighted by Gasteiger charge is 2.42. The number of carbonyl (C=O) groups is 2. The van der Waals surface area contributed by atoms with Crippen LogP contribution in [0.4, 0.5) is 23.2 Å². The molecule has 3 aromatic rings. The largest absolute Gasteiger partial charge is 0.435 e. The van der Waals surface area contributed by atoms with E-state index in [1.165, 1.54) is 19.1 Å². The average molecular weight is 435 g/mol. The van der Waals surface area contributed by atoms with Crippen molar-refractivity contribution in [1.82, 2.24) is 20.3 Å². The highest BCUT2D eigenvalue weighted by Crippen LogP contribution is 2.33. The molecule has 0 saturated carbocycles. The number of nitrogens with zero attached hydrogens (tertiary/aromatic N) is 3. The Labute approximate surface area is 174 Å². The Morgan fingerprint density at radius 1 is 1.10 bits per heavy atom. The van der Waals surface area contributed by atoms with E-state index < -0.39 is 35.3 Å². The molecule has 0 radical (unpaired) electrons. The Kier molecular flexibility index (Phi) is 6.04. The van der Waals surface area contributed by atoms with Crippen LogP contribution in [0.5, 0.6) is 0 Å². The molecule has 0 fully saturated rings. The summed E-state index contributed by atoms with van der Waals surface area (Å²) in [5.74, 6) is -2.16. The van der Waals surface area contributed by atoms with E-state index in [4.69, 9.17) is 0 Å². The van der Waals surface area contributed by atoms with Gasteiger partial charge in [-0.1, -0.05) is 23.4 Å². The zero-order valence-corrected chi connectivity index (χ0v) is 16.4. The molecule has 0 spiro atoms. The van der Waals surface area contributed by atoms with Crippen LogP contribution in [0.25, 0.3) is 5.69 Å². The number of alkyl halides is 3. The van der Waals surface area contributed by atoms with Crippen molar-refractivity contribution in [2.75, 3.05) is 5.32 Å². The van der Waals surface area contributed by atoms with E-state index in [2.05, 4.69) is 20.9 Å². The van der Waals surface area contributed by atoms with Gasteiger partial charge in [0.15, 0.2) is 11.4 Å². The third-order valence-electron chi connectivity index (χ3n) is 4.26. The summed E-state index contributed by atoms with van der Waals surface area (Å²) in [6.07, 6.45) is -4.98. The topological polar surface area (TPSA) is 88.9 Å². The van der Waals surface area contributed by atoms with Gasteiger partial charge in [-0.25, -0.2) is 9.07 Å². The number of carbonyl (C=O) groups excluding carboxylic acids is 2. The third kappa shape index (κ3) is 5.05. The highest BCUT2D eigenvalue weighted by molar-refractivity contribution is 5.94. The fraction of sp³-hybridized carbons (Fsp3) is 0.200. The normalized spacial score (nSPS) is 12.3.